The van der Waals surface area contributed by atoms with Crippen LogP contribution in [-0.2, 0) is 4.74 Å². The molecule has 0 atom stereocenters. The number of rotatable bonds is 4. The summed E-state index contributed by atoms with van der Waals surface area (Å²) in [6, 6.07) is 19.9. The van der Waals surface area contributed by atoms with Crippen LogP contribution in [0.3, 0.4) is 0 Å². The lowest BCUT2D eigenvalue weighted by Crippen LogP contribution is -2.05. The zero-order chi connectivity index (χ0) is 19.7. The molecule has 28 heavy (non-hydrogen) atoms. The highest BCUT2D eigenvalue weighted by atomic mass is 16.5. The number of hydrogen-bond acceptors (Lipinski definition) is 5. The van der Waals surface area contributed by atoms with E-state index in [4.69, 9.17) is 14.9 Å². The molecule has 2 aromatic carbocycles. The van der Waals surface area contributed by atoms with Gasteiger partial charge in [-0.25, -0.2) is 9.78 Å². The molecule has 0 fully saturated rings. The third-order valence-electron chi connectivity index (χ3n) is 4.59. The molecule has 5 nitrogen and oxygen atoms in total. The number of ether oxygens (including phenoxy) is 1. The van der Waals surface area contributed by atoms with E-state index < -0.39 is 5.97 Å². The number of benzene rings is 2. The molecule has 0 aliphatic heterocycles. The predicted octanol–water partition coefficient (Wildman–Crippen LogP) is 5.23. The molecule has 0 radical (unpaired) electrons. The minimum atomic E-state index is -0.589. The Morgan fingerprint density at radius 2 is 1.79 bits per heavy atom. The number of aromatic nitrogens is 1. The molecule has 2 heterocycles. The van der Waals surface area contributed by atoms with Gasteiger partial charge < -0.3 is 14.9 Å². The standard InChI is InChI=1S/C23H20N2O3/c1-3-27-23(26)21-20(24)19-17(15-7-5-4-6-8-15)13-18(25-22(19)28-21)16-11-9-14(2)10-12-16/h4-13H,3,24H2,1-2H3. The van der Waals surface area contributed by atoms with E-state index in [-0.39, 0.29) is 18.1 Å². The van der Waals surface area contributed by atoms with E-state index in [1.165, 1.54) is 5.56 Å². The average molecular weight is 372 g/mol. The predicted molar refractivity (Wildman–Crippen MR) is 110 cm³/mol. The molecule has 2 aromatic heterocycles. The van der Waals surface area contributed by atoms with Gasteiger partial charge in [-0.1, -0.05) is 60.2 Å². The molecule has 0 spiro atoms. The van der Waals surface area contributed by atoms with Gasteiger partial charge in [0, 0.05) is 5.56 Å². The van der Waals surface area contributed by atoms with Crippen LogP contribution in [0.2, 0.25) is 0 Å². The summed E-state index contributed by atoms with van der Waals surface area (Å²) in [6.45, 7) is 4.01. The number of pyridine rings is 1. The number of nitrogens with zero attached hydrogens (tertiary/aromatic N) is 1. The molecule has 0 saturated heterocycles. The van der Waals surface area contributed by atoms with Crippen molar-refractivity contribution in [2.75, 3.05) is 12.3 Å². The van der Waals surface area contributed by atoms with Crippen molar-refractivity contribution < 1.29 is 13.9 Å². The lowest BCUT2D eigenvalue weighted by atomic mass is 9.99. The zero-order valence-corrected chi connectivity index (χ0v) is 15.7. The molecule has 5 heteroatoms. The summed E-state index contributed by atoms with van der Waals surface area (Å²) in [5, 5.41) is 0.616. The largest absolute Gasteiger partial charge is 0.460 e. The van der Waals surface area contributed by atoms with Crippen molar-refractivity contribution >= 4 is 22.8 Å². The molecule has 0 aliphatic rings. The molecular formula is C23H20N2O3. The third-order valence-corrected chi connectivity index (χ3v) is 4.59. The fraction of sp³-hybridized carbons (Fsp3) is 0.130. The number of aryl methyl sites for hydroxylation is 1. The Labute approximate surface area is 162 Å². The normalized spacial score (nSPS) is 10.9. The first kappa shape index (κ1) is 17.8. The highest BCUT2D eigenvalue weighted by Gasteiger charge is 2.24. The van der Waals surface area contributed by atoms with E-state index in [0.29, 0.717) is 11.1 Å². The van der Waals surface area contributed by atoms with E-state index >= 15 is 0 Å². The number of nitrogen functional groups attached to an aromatic ring is 1. The fourth-order valence-electron chi connectivity index (χ4n) is 3.19. The van der Waals surface area contributed by atoms with E-state index in [1.54, 1.807) is 6.92 Å². The number of carbonyl (C=O) groups is 1. The number of furan rings is 1. The maximum absolute atomic E-state index is 12.3. The van der Waals surface area contributed by atoms with Crippen molar-refractivity contribution in [3.63, 3.8) is 0 Å². The first-order chi connectivity index (χ1) is 13.6. The second-order valence-electron chi connectivity index (χ2n) is 6.53. The number of nitrogens with two attached hydrogens (primary N) is 1. The van der Waals surface area contributed by atoms with E-state index in [0.717, 1.165) is 22.4 Å². The summed E-state index contributed by atoms with van der Waals surface area (Å²) >= 11 is 0. The summed E-state index contributed by atoms with van der Waals surface area (Å²) in [5.41, 5.74) is 11.5. The molecule has 140 valence electrons. The monoisotopic (exact) mass is 372 g/mol. The van der Waals surface area contributed by atoms with Crippen LogP contribution in [0.1, 0.15) is 23.0 Å². The van der Waals surface area contributed by atoms with Gasteiger partial charge in [0.25, 0.3) is 0 Å². The topological polar surface area (TPSA) is 78.3 Å². The Hall–Kier alpha value is -3.60. The van der Waals surface area contributed by atoms with Gasteiger partial charge in [-0.15, -0.1) is 0 Å². The van der Waals surface area contributed by atoms with Crippen LogP contribution >= 0.6 is 0 Å². The van der Waals surface area contributed by atoms with Crippen LogP contribution < -0.4 is 5.73 Å². The highest BCUT2D eigenvalue weighted by molar-refractivity contribution is 6.09. The maximum Gasteiger partial charge on any atom is 0.376 e. The highest BCUT2D eigenvalue weighted by Crippen LogP contribution is 2.38. The summed E-state index contributed by atoms with van der Waals surface area (Å²) in [7, 11) is 0. The van der Waals surface area contributed by atoms with Crippen LogP contribution in [0.4, 0.5) is 5.69 Å². The van der Waals surface area contributed by atoms with Gasteiger partial charge in [0.05, 0.1) is 23.4 Å². The molecule has 0 unspecified atom stereocenters. The number of carbonyl (C=O) groups excluding carboxylic acids is 1. The minimum Gasteiger partial charge on any atom is -0.460 e. The van der Waals surface area contributed by atoms with Crippen LogP contribution in [0.5, 0.6) is 0 Å². The summed E-state index contributed by atoms with van der Waals surface area (Å²) in [6.07, 6.45) is 0. The fourth-order valence-corrected chi connectivity index (χ4v) is 3.19. The Bertz CT molecular complexity index is 1150. The van der Waals surface area contributed by atoms with Crippen molar-refractivity contribution in [1.82, 2.24) is 4.98 Å². The summed E-state index contributed by atoms with van der Waals surface area (Å²) in [4.78, 5) is 16.9. The first-order valence-corrected chi connectivity index (χ1v) is 9.11. The smallest absolute Gasteiger partial charge is 0.376 e. The van der Waals surface area contributed by atoms with Crippen molar-refractivity contribution in [2.45, 2.75) is 13.8 Å². The molecule has 4 rings (SSSR count). The van der Waals surface area contributed by atoms with Crippen molar-refractivity contribution in [2.24, 2.45) is 0 Å². The van der Waals surface area contributed by atoms with Crippen LogP contribution in [0.25, 0.3) is 33.5 Å². The van der Waals surface area contributed by atoms with Crippen molar-refractivity contribution in [3.05, 3.63) is 72.0 Å². The van der Waals surface area contributed by atoms with Crippen LogP contribution in [0.15, 0.2) is 65.1 Å². The Morgan fingerprint density at radius 3 is 2.46 bits per heavy atom. The van der Waals surface area contributed by atoms with Crippen molar-refractivity contribution in [1.29, 1.82) is 0 Å². The van der Waals surface area contributed by atoms with Gasteiger partial charge in [-0.05, 0) is 31.0 Å². The van der Waals surface area contributed by atoms with E-state index in [2.05, 4.69) is 4.98 Å². The SMILES string of the molecule is CCOC(=O)c1oc2nc(-c3ccc(C)cc3)cc(-c3ccccc3)c2c1N. The van der Waals surface area contributed by atoms with Gasteiger partial charge >= 0.3 is 5.97 Å². The quantitative estimate of drug-likeness (QED) is 0.496. The van der Waals surface area contributed by atoms with Gasteiger partial charge in [-0.3, -0.25) is 0 Å². The average Bonchev–Trinajstić information content (AvgIpc) is 3.05. The molecule has 0 saturated carbocycles. The van der Waals surface area contributed by atoms with Gasteiger partial charge in [0.1, 0.15) is 0 Å². The second-order valence-corrected chi connectivity index (χ2v) is 6.53. The van der Waals surface area contributed by atoms with E-state index in [9.17, 15) is 4.79 Å². The lowest BCUT2D eigenvalue weighted by molar-refractivity contribution is 0.0494. The number of fused-ring (bicyclic) bond motifs is 1. The lowest BCUT2D eigenvalue weighted by Gasteiger charge is -2.08. The zero-order valence-electron chi connectivity index (χ0n) is 15.7. The summed E-state index contributed by atoms with van der Waals surface area (Å²) in [5.74, 6) is -0.600. The maximum atomic E-state index is 12.3. The van der Waals surface area contributed by atoms with Crippen LogP contribution in [-0.4, -0.2) is 17.6 Å². The molecule has 4 aromatic rings. The van der Waals surface area contributed by atoms with Gasteiger partial charge in [-0.2, -0.15) is 0 Å². The molecule has 2 N–H and O–H groups in total. The Morgan fingerprint density at radius 1 is 1.07 bits per heavy atom. The Kier molecular flexibility index (Phi) is 4.57. The summed E-state index contributed by atoms with van der Waals surface area (Å²) < 4.78 is 10.8. The van der Waals surface area contributed by atoms with Gasteiger partial charge in [0.2, 0.25) is 11.5 Å². The van der Waals surface area contributed by atoms with Gasteiger partial charge in [0.15, 0.2) is 0 Å². The Balaban J connectivity index is 1.99. The van der Waals surface area contributed by atoms with E-state index in [1.807, 2.05) is 67.6 Å². The molecule has 0 aliphatic carbocycles. The van der Waals surface area contributed by atoms with Crippen LogP contribution in [0, 0.1) is 6.92 Å². The second kappa shape index (κ2) is 7.19. The number of anilines is 1. The molecular weight excluding hydrogens is 352 g/mol. The minimum absolute atomic E-state index is 0.0115. The molecule has 0 bridgehead atoms. The first-order valence-electron chi connectivity index (χ1n) is 9.11. The van der Waals surface area contributed by atoms with Crippen molar-refractivity contribution in [3.8, 4) is 22.4 Å². The number of hydrogen-bond donors (Lipinski definition) is 1. The molecule has 0 amide bonds. The number of esters is 1. The third kappa shape index (κ3) is 3.11.